The van der Waals surface area contributed by atoms with Crippen molar-refractivity contribution < 1.29 is 17.9 Å². The summed E-state index contributed by atoms with van der Waals surface area (Å²) in [5.41, 5.74) is -0.450. The molecule has 2 aliphatic rings. The summed E-state index contributed by atoms with van der Waals surface area (Å²) in [5.74, 6) is 0.854. The summed E-state index contributed by atoms with van der Waals surface area (Å²) in [6.45, 7) is 2.07. The fraction of sp³-hybridized carbons (Fsp3) is 0.533. The highest BCUT2D eigenvalue weighted by Crippen LogP contribution is 2.37. The Kier molecular flexibility index (Phi) is 3.89. The third-order valence-corrected chi connectivity index (χ3v) is 3.98. The summed E-state index contributed by atoms with van der Waals surface area (Å²) >= 11 is 0. The summed E-state index contributed by atoms with van der Waals surface area (Å²) in [5, 5.41) is 3.25. The molecule has 0 spiro atoms. The van der Waals surface area contributed by atoms with E-state index >= 15 is 0 Å². The van der Waals surface area contributed by atoms with Crippen LogP contribution in [0.2, 0.25) is 0 Å². The number of nitrogens with zero attached hydrogens (tertiary/aromatic N) is 1. The van der Waals surface area contributed by atoms with E-state index in [0.29, 0.717) is 5.90 Å². The van der Waals surface area contributed by atoms with Crippen LogP contribution in [0.15, 0.2) is 29.3 Å². The second-order valence-corrected chi connectivity index (χ2v) is 5.39. The van der Waals surface area contributed by atoms with Crippen LogP contribution in [0.1, 0.15) is 30.1 Å². The molecule has 114 valence electrons. The van der Waals surface area contributed by atoms with Gasteiger partial charge >= 0.3 is 6.18 Å². The molecule has 0 amide bonds. The fourth-order valence-corrected chi connectivity index (χ4v) is 2.89. The van der Waals surface area contributed by atoms with Gasteiger partial charge in [-0.1, -0.05) is 18.2 Å². The number of hydrogen-bond donors (Lipinski definition) is 1. The van der Waals surface area contributed by atoms with Gasteiger partial charge in [0.05, 0.1) is 12.1 Å². The number of nitrogens with one attached hydrogen (secondary N) is 1. The standard InChI is InChI=1S/C15H17F3N2O/c16-15(17,18)12-4-2-1-3-11(12)13-9-20-14(21-13)10-5-7-19-8-6-10/h1-4,10,13,19H,5-9H2. The number of rotatable bonds is 2. The van der Waals surface area contributed by atoms with Gasteiger partial charge in [-0.25, -0.2) is 0 Å². The average Bonchev–Trinajstić information content (AvgIpc) is 2.97. The smallest absolute Gasteiger partial charge is 0.416 e. The minimum absolute atomic E-state index is 0.178. The molecule has 1 aromatic carbocycles. The highest BCUT2D eigenvalue weighted by atomic mass is 19.4. The first-order valence-corrected chi connectivity index (χ1v) is 7.13. The number of ether oxygens (including phenoxy) is 1. The maximum Gasteiger partial charge on any atom is 0.416 e. The van der Waals surface area contributed by atoms with E-state index < -0.39 is 17.8 Å². The van der Waals surface area contributed by atoms with E-state index in [2.05, 4.69) is 10.3 Å². The normalized spacial score (nSPS) is 23.8. The van der Waals surface area contributed by atoms with Crippen LogP contribution in [0.5, 0.6) is 0 Å². The van der Waals surface area contributed by atoms with Crippen molar-refractivity contribution in [2.75, 3.05) is 19.6 Å². The first-order chi connectivity index (χ1) is 10.1. The van der Waals surface area contributed by atoms with Gasteiger partial charge in [0.15, 0.2) is 5.90 Å². The zero-order valence-corrected chi connectivity index (χ0v) is 11.5. The molecule has 0 aliphatic carbocycles. The lowest BCUT2D eigenvalue weighted by Gasteiger charge is -2.24. The second kappa shape index (κ2) is 5.67. The number of hydrogen-bond acceptors (Lipinski definition) is 3. The number of halogens is 3. The van der Waals surface area contributed by atoms with E-state index in [1.54, 1.807) is 6.07 Å². The molecule has 1 aromatic rings. The number of alkyl halides is 3. The molecule has 0 bridgehead atoms. The van der Waals surface area contributed by atoms with Gasteiger partial charge in [-0.05, 0) is 32.0 Å². The maximum absolute atomic E-state index is 13.1. The van der Waals surface area contributed by atoms with Crippen LogP contribution in [0.25, 0.3) is 0 Å². The molecular formula is C15H17F3N2O. The molecule has 0 saturated carbocycles. The molecule has 1 fully saturated rings. The third-order valence-electron chi connectivity index (χ3n) is 3.98. The highest BCUT2D eigenvalue weighted by molar-refractivity contribution is 5.80. The van der Waals surface area contributed by atoms with Crippen molar-refractivity contribution in [1.82, 2.24) is 5.32 Å². The Morgan fingerprint density at radius 2 is 1.86 bits per heavy atom. The van der Waals surface area contributed by atoms with E-state index in [0.717, 1.165) is 32.0 Å². The van der Waals surface area contributed by atoms with Gasteiger partial charge in [-0.3, -0.25) is 4.99 Å². The lowest BCUT2D eigenvalue weighted by molar-refractivity contribution is -0.139. The third kappa shape index (κ3) is 3.05. The van der Waals surface area contributed by atoms with Crippen LogP contribution < -0.4 is 5.32 Å². The van der Waals surface area contributed by atoms with Crippen molar-refractivity contribution >= 4 is 5.90 Å². The van der Waals surface area contributed by atoms with Crippen molar-refractivity contribution in [3.8, 4) is 0 Å². The Morgan fingerprint density at radius 1 is 1.14 bits per heavy atom. The van der Waals surface area contributed by atoms with Crippen molar-refractivity contribution in [2.24, 2.45) is 10.9 Å². The molecule has 6 heteroatoms. The fourth-order valence-electron chi connectivity index (χ4n) is 2.89. The van der Waals surface area contributed by atoms with Crippen molar-refractivity contribution in [1.29, 1.82) is 0 Å². The van der Waals surface area contributed by atoms with Crippen molar-refractivity contribution in [3.05, 3.63) is 35.4 Å². The predicted octanol–water partition coefficient (Wildman–Crippen LogP) is 3.17. The van der Waals surface area contributed by atoms with E-state index in [9.17, 15) is 13.2 Å². The van der Waals surface area contributed by atoms with Crippen LogP contribution in [-0.4, -0.2) is 25.5 Å². The number of piperidine rings is 1. The van der Waals surface area contributed by atoms with E-state index in [1.807, 2.05) is 0 Å². The van der Waals surface area contributed by atoms with Crippen LogP contribution in [0.4, 0.5) is 13.2 Å². The Labute approximate surface area is 121 Å². The van der Waals surface area contributed by atoms with Crippen LogP contribution >= 0.6 is 0 Å². The Morgan fingerprint density at radius 3 is 2.57 bits per heavy atom. The van der Waals surface area contributed by atoms with Crippen molar-refractivity contribution in [2.45, 2.75) is 25.1 Å². The monoisotopic (exact) mass is 298 g/mol. The van der Waals surface area contributed by atoms with Gasteiger partial charge in [0, 0.05) is 11.5 Å². The van der Waals surface area contributed by atoms with E-state index in [4.69, 9.17) is 4.74 Å². The average molecular weight is 298 g/mol. The summed E-state index contributed by atoms with van der Waals surface area (Å²) in [6, 6.07) is 5.59. The SMILES string of the molecule is FC(F)(F)c1ccccc1C1CN=C(C2CCNCC2)O1. The van der Waals surface area contributed by atoms with Gasteiger partial charge < -0.3 is 10.1 Å². The molecular weight excluding hydrogens is 281 g/mol. The van der Waals surface area contributed by atoms with Gasteiger partial charge in [-0.2, -0.15) is 13.2 Å². The zero-order valence-electron chi connectivity index (χ0n) is 11.5. The lowest BCUT2D eigenvalue weighted by Crippen LogP contribution is -2.32. The largest absolute Gasteiger partial charge is 0.471 e. The summed E-state index contributed by atoms with van der Waals surface area (Å²) < 4.78 is 44.9. The Balaban J connectivity index is 1.76. The number of aliphatic imine (C=N–C) groups is 1. The van der Waals surface area contributed by atoms with Gasteiger partial charge in [0.25, 0.3) is 0 Å². The highest BCUT2D eigenvalue weighted by Gasteiger charge is 2.37. The first-order valence-electron chi connectivity index (χ1n) is 7.13. The molecule has 3 rings (SSSR count). The molecule has 0 aromatic heterocycles. The molecule has 3 nitrogen and oxygen atoms in total. The number of benzene rings is 1. The predicted molar refractivity (Wildman–Crippen MR) is 73.2 cm³/mol. The lowest BCUT2D eigenvalue weighted by atomic mass is 9.98. The quantitative estimate of drug-likeness (QED) is 0.910. The molecule has 1 atom stereocenters. The van der Waals surface area contributed by atoms with E-state index in [-0.39, 0.29) is 18.0 Å². The Hall–Kier alpha value is -1.56. The van der Waals surface area contributed by atoms with Crippen LogP contribution in [0, 0.1) is 5.92 Å². The summed E-state index contributed by atoms with van der Waals surface area (Å²) in [6.07, 6.45) is -3.14. The van der Waals surface area contributed by atoms with Crippen LogP contribution in [0.3, 0.4) is 0 Å². The van der Waals surface area contributed by atoms with Gasteiger partial charge in [0.1, 0.15) is 6.10 Å². The minimum atomic E-state index is -4.36. The second-order valence-electron chi connectivity index (χ2n) is 5.39. The summed E-state index contributed by atoms with van der Waals surface area (Å²) in [7, 11) is 0. The molecule has 2 aliphatic heterocycles. The van der Waals surface area contributed by atoms with Gasteiger partial charge in [0.2, 0.25) is 0 Å². The Bertz CT molecular complexity index is 536. The van der Waals surface area contributed by atoms with Crippen LogP contribution in [-0.2, 0) is 10.9 Å². The first kappa shape index (κ1) is 14.4. The zero-order chi connectivity index (χ0) is 14.9. The molecule has 1 unspecified atom stereocenters. The maximum atomic E-state index is 13.1. The molecule has 0 radical (unpaired) electrons. The summed E-state index contributed by atoms with van der Waals surface area (Å²) in [4.78, 5) is 4.34. The molecule has 1 saturated heterocycles. The molecule has 21 heavy (non-hydrogen) atoms. The van der Waals surface area contributed by atoms with Gasteiger partial charge in [-0.15, -0.1) is 0 Å². The molecule has 2 heterocycles. The minimum Gasteiger partial charge on any atom is -0.471 e. The van der Waals surface area contributed by atoms with Crippen molar-refractivity contribution in [3.63, 3.8) is 0 Å². The topological polar surface area (TPSA) is 33.6 Å². The van der Waals surface area contributed by atoms with E-state index in [1.165, 1.54) is 12.1 Å². The molecule has 1 N–H and O–H groups in total.